The number of hydrogen-bond acceptors (Lipinski definition) is 6. The zero-order chi connectivity index (χ0) is 20.9. The summed E-state index contributed by atoms with van der Waals surface area (Å²) in [6, 6.07) is -0.888. The van der Waals surface area contributed by atoms with Crippen LogP contribution in [0.5, 0.6) is 0 Å². The Morgan fingerprint density at radius 2 is 1.48 bits per heavy atom. The van der Waals surface area contributed by atoms with Gasteiger partial charge in [0.1, 0.15) is 16.8 Å². The Bertz CT molecular complexity index is 760. The van der Waals surface area contributed by atoms with Crippen LogP contribution >= 0.6 is 0 Å². The van der Waals surface area contributed by atoms with Crippen molar-refractivity contribution in [2.45, 2.75) is 71.3 Å². The summed E-state index contributed by atoms with van der Waals surface area (Å²) in [5.41, 5.74) is -3.76. The molecule has 0 saturated carbocycles. The third-order valence-electron chi connectivity index (χ3n) is 3.92. The van der Waals surface area contributed by atoms with Crippen molar-refractivity contribution in [2.24, 2.45) is 0 Å². The van der Waals surface area contributed by atoms with Crippen LogP contribution in [-0.2, 0) is 19.1 Å². The second kappa shape index (κ2) is 6.30. The molecule has 8 nitrogen and oxygen atoms in total. The van der Waals surface area contributed by atoms with E-state index in [2.05, 4.69) is 0 Å². The van der Waals surface area contributed by atoms with Gasteiger partial charge in [-0.05, 0) is 54.5 Å². The van der Waals surface area contributed by atoms with E-state index in [0.717, 1.165) is 0 Å². The fraction of sp³-hybridized carbons (Fsp3) is 0.579. The van der Waals surface area contributed by atoms with Gasteiger partial charge in [0.05, 0.1) is 17.2 Å². The van der Waals surface area contributed by atoms with Gasteiger partial charge in [-0.15, -0.1) is 0 Å². The fourth-order valence-corrected chi connectivity index (χ4v) is 2.90. The maximum atomic E-state index is 11.6. The quantitative estimate of drug-likeness (QED) is 0.679. The van der Waals surface area contributed by atoms with E-state index in [-0.39, 0.29) is 11.6 Å². The lowest BCUT2D eigenvalue weighted by Crippen LogP contribution is -2.45. The number of carbonyl (C=O) groups is 2. The molecule has 0 aromatic carbocycles. The minimum atomic E-state index is -1.63. The molecule has 0 bridgehead atoms. The maximum absolute atomic E-state index is 11.6. The molecular weight excluding hydrogens is 354 g/mol. The number of aliphatic carboxylic acids is 2. The van der Waals surface area contributed by atoms with Gasteiger partial charge < -0.3 is 29.7 Å². The summed E-state index contributed by atoms with van der Waals surface area (Å²) in [6.07, 6.45) is 2.39. The van der Waals surface area contributed by atoms with Crippen molar-refractivity contribution in [3.8, 4) is 0 Å². The number of carboxylic acids is 2. The number of hydrogen-bond donors (Lipinski definition) is 3. The first-order valence-corrected chi connectivity index (χ1v) is 8.58. The predicted molar refractivity (Wildman–Crippen MR) is 96.4 cm³/mol. The van der Waals surface area contributed by atoms with Crippen LogP contribution in [0.3, 0.4) is 0 Å². The molecule has 2 atom stereocenters. The molecule has 150 valence electrons. The van der Waals surface area contributed by atoms with Crippen LogP contribution in [-0.4, -0.2) is 55.0 Å². The van der Waals surface area contributed by atoms with Crippen LogP contribution < -0.4 is 0 Å². The minimum Gasteiger partial charge on any atom is -0.484 e. The molecule has 0 saturated heterocycles. The molecular formula is C19H27NO7. The van der Waals surface area contributed by atoms with E-state index < -0.39 is 45.9 Å². The van der Waals surface area contributed by atoms with Gasteiger partial charge in [-0.3, -0.25) is 0 Å². The molecule has 0 aliphatic carbocycles. The number of aliphatic hydroxyl groups is 1. The topological polar surface area (TPSA) is 117 Å². The number of nitrogens with zero attached hydrogens (tertiary/aromatic N) is 1. The molecule has 27 heavy (non-hydrogen) atoms. The Balaban J connectivity index is 2.69. The SMILES string of the molecule is CC(C)(C)OC1=C(OC(C)(C)C)C(C)(O)C2C=C(C(=O)O)C(C(=O)O)=CN12. The van der Waals surface area contributed by atoms with Crippen LogP contribution in [0.25, 0.3) is 0 Å². The zero-order valence-corrected chi connectivity index (χ0v) is 16.7. The van der Waals surface area contributed by atoms with Gasteiger partial charge in [0.2, 0.25) is 5.88 Å². The molecule has 3 N–H and O–H groups in total. The molecule has 8 heteroatoms. The molecule has 0 fully saturated rings. The highest BCUT2D eigenvalue weighted by Crippen LogP contribution is 2.45. The van der Waals surface area contributed by atoms with Crippen LogP contribution in [0, 0.1) is 0 Å². The lowest BCUT2D eigenvalue weighted by Gasteiger charge is -2.34. The van der Waals surface area contributed by atoms with Gasteiger partial charge in [0, 0.05) is 6.20 Å². The summed E-state index contributed by atoms with van der Waals surface area (Å²) in [7, 11) is 0. The molecule has 2 aliphatic rings. The van der Waals surface area contributed by atoms with Crippen LogP contribution in [0.1, 0.15) is 48.5 Å². The van der Waals surface area contributed by atoms with E-state index in [4.69, 9.17) is 9.47 Å². The van der Waals surface area contributed by atoms with E-state index in [9.17, 15) is 24.9 Å². The number of rotatable bonds is 4. The van der Waals surface area contributed by atoms with Crippen LogP contribution in [0.15, 0.2) is 35.1 Å². The third-order valence-corrected chi connectivity index (χ3v) is 3.92. The Morgan fingerprint density at radius 3 is 1.89 bits per heavy atom. The highest BCUT2D eigenvalue weighted by molar-refractivity contribution is 6.06. The van der Waals surface area contributed by atoms with Crippen molar-refractivity contribution in [3.63, 3.8) is 0 Å². The predicted octanol–water partition coefficient (Wildman–Crippen LogP) is 2.21. The Morgan fingerprint density at radius 1 is 1.00 bits per heavy atom. The summed E-state index contributed by atoms with van der Waals surface area (Å²) < 4.78 is 12.0. The van der Waals surface area contributed by atoms with Crippen molar-refractivity contribution in [3.05, 3.63) is 35.1 Å². The van der Waals surface area contributed by atoms with E-state index in [1.165, 1.54) is 24.1 Å². The van der Waals surface area contributed by atoms with Crippen LogP contribution in [0.2, 0.25) is 0 Å². The first kappa shape index (κ1) is 20.8. The van der Waals surface area contributed by atoms with Crippen molar-refractivity contribution in [1.82, 2.24) is 4.90 Å². The molecule has 2 unspecified atom stereocenters. The summed E-state index contributed by atoms with van der Waals surface area (Å²) >= 11 is 0. The van der Waals surface area contributed by atoms with E-state index in [1.807, 2.05) is 0 Å². The second-order valence-corrected chi connectivity index (χ2v) is 8.80. The van der Waals surface area contributed by atoms with E-state index in [1.54, 1.807) is 41.5 Å². The number of carboxylic acid groups (broad SMARTS) is 2. The van der Waals surface area contributed by atoms with Crippen molar-refractivity contribution in [2.75, 3.05) is 0 Å². The Labute approximate surface area is 158 Å². The standard InChI is InChI=1S/C19H27NO7/c1-17(2,3)26-13-14(27-18(4,5)6)20-9-11(16(23)24)10(15(21)22)8-12(20)19(13,7)25/h8-9,12,25H,1-7H3,(H,21,22)(H,23,24). The van der Waals surface area contributed by atoms with Gasteiger partial charge >= 0.3 is 11.9 Å². The first-order chi connectivity index (χ1) is 12.0. The van der Waals surface area contributed by atoms with Gasteiger partial charge in [-0.1, -0.05) is 0 Å². The average molecular weight is 381 g/mol. The second-order valence-electron chi connectivity index (χ2n) is 8.80. The van der Waals surface area contributed by atoms with Gasteiger partial charge in [0.25, 0.3) is 0 Å². The third kappa shape index (κ3) is 4.10. The number of ether oxygens (including phenoxy) is 2. The fourth-order valence-electron chi connectivity index (χ4n) is 2.90. The maximum Gasteiger partial charge on any atom is 0.338 e. The lowest BCUT2D eigenvalue weighted by molar-refractivity contribution is -0.136. The summed E-state index contributed by atoms with van der Waals surface area (Å²) in [6.45, 7) is 12.3. The molecule has 0 radical (unpaired) electrons. The molecule has 0 amide bonds. The first-order valence-electron chi connectivity index (χ1n) is 8.58. The molecule has 2 rings (SSSR count). The monoisotopic (exact) mass is 381 g/mol. The Hall–Kier alpha value is -2.48. The van der Waals surface area contributed by atoms with Gasteiger partial charge in [-0.25, -0.2) is 9.59 Å². The van der Waals surface area contributed by atoms with E-state index in [0.29, 0.717) is 0 Å². The van der Waals surface area contributed by atoms with E-state index >= 15 is 0 Å². The zero-order valence-electron chi connectivity index (χ0n) is 16.7. The van der Waals surface area contributed by atoms with Gasteiger partial charge in [0.15, 0.2) is 5.76 Å². The largest absolute Gasteiger partial charge is 0.484 e. The summed E-state index contributed by atoms with van der Waals surface area (Å²) in [5.74, 6) is -2.49. The minimum absolute atomic E-state index is 0.124. The van der Waals surface area contributed by atoms with Crippen LogP contribution in [0.4, 0.5) is 0 Å². The molecule has 0 aromatic rings. The van der Waals surface area contributed by atoms with Crippen molar-refractivity contribution >= 4 is 11.9 Å². The number of fused-ring (bicyclic) bond motifs is 1. The average Bonchev–Trinajstić information content (AvgIpc) is 2.64. The van der Waals surface area contributed by atoms with Crippen molar-refractivity contribution in [1.29, 1.82) is 0 Å². The lowest BCUT2D eigenvalue weighted by atomic mass is 9.90. The molecule has 0 aromatic heterocycles. The Kier molecular flexibility index (Phi) is 4.86. The smallest absolute Gasteiger partial charge is 0.338 e. The highest BCUT2D eigenvalue weighted by atomic mass is 16.6. The van der Waals surface area contributed by atoms with Gasteiger partial charge in [-0.2, -0.15) is 0 Å². The summed E-state index contributed by atoms with van der Waals surface area (Å²) in [5, 5.41) is 30.0. The van der Waals surface area contributed by atoms with Crippen molar-refractivity contribution < 1.29 is 34.4 Å². The molecule has 2 aliphatic heterocycles. The normalized spacial score (nSPS) is 25.6. The molecule has 0 spiro atoms. The summed E-state index contributed by atoms with van der Waals surface area (Å²) in [4.78, 5) is 24.5. The molecule has 2 heterocycles. The highest BCUT2D eigenvalue weighted by Gasteiger charge is 2.54.